The van der Waals surface area contributed by atoms with Crippen LogP contribution in [0, 0.1) is 11.6 Å². The second-order valence-corrected chi connectivity index (χ2v) is 5.08. The van der Waals surface area contributed by atoms with E-state index in [4.69, 9.17) is 22.1 Å². The minimum atomic E-state index is -0.694. The second-order valence-electron chi connectivity index (χ2n) is 3.79. The predicted octanol–water partition coefficient (Wildman–Crippen LogP) is 4.54. The molecule has 0 radical (unpaired) electrons. The van der Waals surface area contributed by atoms with Crippen LogP contribution in [0.2, 0.25) is 5.02 Å². The molecule has 0 saturated carbocycles. The van der Waals surface area contributed by atoms with Crippen molar-refractivity contribution in [3.63, 3.8) is 0 Å². The molecule has 100 valence electrons. The number of benzene rings is 2. The van der Waals surface area contributed by atoms with Gasteiger partial charge in [0.15, 0.2) is 0 Å². The first kappa shape index (κ1) is 14.1. The standard InChI is InChI=1S/C13H9BrClF2NO/c14-9-2-3-10(16)8(13(9)17)6-19-12-5-7(15)1-4-11(12)18/h1-5H,6,18H2. The van der Waals surface area contributed by atoms with Crippen molar-refractivity contribution in [2.45, 2.75) is 6.61 Å². The largest absolute Gasteiger partial charge is 0.486 e. The number of anilines is 1. The molecule has 0 aliphatic heterocycles. The van der Waals surface area contributed by atoms with E-state index in [1.165, 1.54) is 12.1 Å². The lowest BCUT2D eigenvalue weighted by atomic mass is 10.2. The molecule has 2 nitrogen and oxygen atoms in total. The van der Waals surface area contributed by atoms with Gasteiger partial charge in [-0.05, 0) is 40.2 Å². The Bertz CT molecular complexity index is 622. The number of nitrogens with two attached hydrogens (primary N) is 1. The zero-order chi connectivity index (χ0) is 14.0. The van der Waals surface area contributed by atoms with E-state index in [1.807, 2.05) is 0 Å². The summed E-state index contributed by atoms with van der Waals surface area (Å²) in [5.41, 5.74) is 5.85. The highest BCUT2D eigenvalue weighted by Gasteiger charge is 2.13. The van der Waals surface area contributed by atoms with Crippen LogP contribution in [0.15, 0.2) is 34.8 Å². The van der Waals surface area contributed by atoms with Crippen LogP contribution in [0.25, 0.3) is 0 Å². The summed E-state index contributed by atoms with van der Waals surface area (Å²) >= 11 is 8.78. The van der Waals surface area contributed by atoms with Crippen LogP contribution in [-0.4, -0.2) is 0 Å². The molecule has 19 heavy (non-hydrogen) atoms. The Labute approximate surface area is 122 Å². The number of nitrogen functional groups attached to an aromatic ring is 1. The smallest absolute Gasteiger partial charge is 0.146 e. The molecule has 0 fully saturated rings. The van der Waals surface area contributed by atoms with E-state index in [1.54, 1.807) is 12.1 Å². The molecule has 0 unspecified atom stereocenters. The van der Waals surface area contributed by atoms with Crippen molar-refractivity contribution in [2.75, 3.05) is 5.73 Å². The zero-order valence-electron chi connectivity index (χ0n) is 9.59. The van der Waals surface area contributed by atoms with Crippen molar-refractivity contribution in [1.82, 2.24) is 0 Å². The minimum Gasteiger partial charge on any atom is -0.486 e. The lowest BCUT2D eigenvalue weighted by Crippen LogP contribution is -2.04. The number of hydrogen-bond acceptors (Lipinski definition) is 2. The highest BCUT2D eigenvalue weighted by atomic mass is 79.9. The molecule has 2 aromatic carbocycles. The summed E-state index contributed by atoms with van der Waals surface area (Å²) in [6, 6.07) is 7.11. The van der Waals surface area contributed by atoms with E-state index >= 15 is 0 Å². The quantitative estimate of drug-likeness (QED) is 0.653. The molecular formula is C13H9BrClF2NO. The van der Waals surface area contributed by atoms with E-state index in [2.05, 4.69) is 15.9 Å². The Kier molecular flexibility index (Phi) is 4.27. The fourth-order valence-corrected chi connectivity index (χ4v) is 2.02. The van der Waals surface area contributed by atoms with Crippen LogP contribution in [0.5, 0.6) is 5.75 Å². The zero-order valence-corrected chi connectivity index (χ0v) is 11.9. The molecule has 0 aliphatic rings. The molecule has 0 aromatic heterocycles. The van der Waals surface area contributed by atoms with Crippen molar-refractivity contribution in [3.8, 4) is 5.75 Å². The number of rotatable bonds is 3. The monoisotopic (exact) mass is 347 g/mol. The number of ether oxygens (including phenoxy) is 1. The van der Waals surface area contributed by atoms with Gasteiger partial charge in [-0.15, -0.1) is 0 Å². The lowest BCUT2D eigenvalue weighted by Gasteiger charge is -2.11. The highest BCUT2D eigenvalue weighted by Crippen LogP contribution is 2.28. The van der Waals surface area contributed by atoms with Gasteiger partial charge in [0.1, 0.15) is 24.0 Å². The maximum Gasteiger partial charge on any atom is 0.146 e. The lowest BCUT2D eigenvalue weighted by molar-refractivity contribution is 0.294. The van der Waals surface area contributed by atoms with E-state index < -0.39 is 11.6 Å². The summed E-state index contributed by atoms with van der Waals surface area (Å²) < 4.78 is 32.7. The highest BCUT2D eigenvalue weighted by molar-refractivity contribution is 9.10. The molecule has 0 amide bonds. The van der Waals surface area contributed by atoms with E-state index in [-0.39, 0.29) is 22.4 Å². The van der Waals surface area contributed by atoms with Gasteiger partial charge >= 0.3 is 0 Å². The summed E-state index contributed by atoms with van der Waals surface area (Å²) in [5.74, 6) is -1.09. The maximum atomic E-state index is 13.7. The maximum absolute atomic E-state index is 13.7. The molecule has 0 atom stereocenters. The van der Waals surface area contributed by atoms with Crippen molar-refractivity contribution in [3.05, 3.63) is 57.0 Å². The average Bonchev–Trinajstić information content (AvgIpc) is 2.38. The van der Waals surface area contributed by atoms with Crippen LogP contribution in [0.4, 0.5) is 14.5 Å². The average molecular weight is 349 g/mol. The van der Waals surface area contributed by atoms with E-state index in [0.717, 1.165) is 6.07 Å². The van der Waals surface area contributed by atoms with Crippen LogP contribution < -0.4 is 10.5 Å². The van der Waals surface area contributed by atoms with Gasteiger partial charge in [-0.25, -0.2) is 8.78 Å². The summed E-state index contributed by atoms with van der Waals surface area (Å²) in [6.07, 6.45) is 0. The van der Waals surface area contributed by atoms with Gasteiger partial charge in [0.25, 0.3) is 0 Å². The molecular weight excluding hydrogens is 340 g/mol. The first-order valence-corrected chi connectivity index (χ1v) is 6.46. The summed E-state index contributed by atoms with van der Waals surface area (Å²) in [7, 11) is 0. The van der Waals surface area contributed by atoms with Crippen molar-refractivity contribution in [2.24, 2.45) is 0 Å². The Morgan fingerprint density at radius 1 is 1.21 bits per heavy atom. The Morgan fingerprint density at radius 2 is 1.95 bits per heavy atom. The first-order chi connectivity index (χ1) is 8.99. The Hall–Kier alpha value is -1.33. The Balaban J connectivity index is 2.24. The van der Waals surface area contributed by atoms with Crippen LogP contribution in [0.3, 0.4) is 0 Å². The van der Waals surface area contributed by atoms with Gasteiger partial charge in [-0.1, -0.05) is 11.6 Å². The first-order valence-electron chi connectivity index (χ1n) is 5.29. The third-order valence-corrected chi connectivity index (χ3v) is 3.33. The van der Waals surface area contributed by atoms with Gasteiger partial charge in [0.05, 0.1) is 15.7 Å². The molecule has 0 saturated heterocycles. The van der Waals surface area contributed by atoms with Crippen molar-refractivity contribution in [1.29, 1.82) is 0 Å². The second kappa shape index (κ2) is 5.75. The summed E-state index contributed by atoms with van der Waals surface area (Å²) in [5, 5.41) is 0.430. The molecule has 0 aliphatic carbocycles. The summed E-state index contributed by atoms with van der Waals surface area (Å²) in [6.45, 7) is -0.276. The molecule has 2 aromatic rings. The van der Waals surface area contributed by atoms with Gasteiger partial charge in [-0.3, -0.25) is 0 Å². The van der Waals surface area contributed by atoms with Gasteiger partial charge in [-0.2, -0.15) is 0 Å². The van der Waals surface area contributed by atoms with E-state index in [0.29, 0.717) is 10.7 Å². The predicted molar refractivity (Wildman–Crippen MR) is 74.3 cm³/mol. The number of hydrogen-bond donors (Lipinski definition) is 1. The van der Waals surface area contributed by atoms with Crippen molar-refractivity contribution >= 4 is 33.2 Å². The normalized spacial score (nSPS) is 10.5. The van der Waals surface area contributed by atoms with Crippen molar-refractivity contribution < 1.29 is 13.5 Å². The fourth-order valence-electron chi connectivity index (χ4n) is 1.48. The minimum absolute atomic E-state index is 0.172. The fraction of sp³-hybridized carbons (Fsp3) is 0.0769. The van der Waals surface area contributed by atoms with Gasteiger partial charge in [0, 0.05) is 11.1 Å². The topological polar surface area (TPSA) is 35.2 Å². The molecule has 2 rings (SSSR count). The molecule has 0 heterocycles. The molecule has 2 N–H and O–H groups in total. The van der Waals surface area contributed by atoms with E-state index in [9.17, 15) is 8.78 Å². The van der Waals surface area contributed by atoms with Crippen LogP contribution in [0.1, 0.15) is 5.56 Å². The van der Waals surface area contributed by atoms with Gasteiger partial charge in [0.2, 0.25) is 0 Å². The SMILES string of the molecule is Nc1ccc(Cl)cc1OCc1c(F)ccc(Br)c1F. The molecule has 0 bridgehead atoms. The molecule has 0 spiro atoms. The van der Waals surface area contributed by atoms with Crippen LogP contribution >= 0.6 is 27.5 Å². The third kappa shape index (κ3) is 3.16. The van der Waals surface area contributed by atoms with Crippen LogP contribution in [-0.2, 0) is 6.61 Å². The number of halogens is 4. The van der Waals surface area contributed by atoms with Gasteiger partial charge < -0.3 is 10.5 Å². The Morgan fingerprint density at radius 3 is 2.68 bits per heavy atom. The molecule has 6 heteroatoms. The summed E-state index contributed by atoms with van der Waals surface area (Å²) in [4.78, 5) is 0. The third-order valence-electron chi connectivity index (χ3n) is 2.49.